The van der Waals surface area contributed by atoms with Gasteiger partial charge in [-0.05, 0) is 19.9 Å². The number of pyridine rings is 1. The Morgan fingerprint density at radius 3 is 2.69 bits per heavy atom. The van der Waals surface area contributed by atoms with Gasteiger partial charge in [0.2, 0.25) is 17.7 Å². The topological polar surface area (TPSA) is 102 Å². The number of hydrogen-bond donors (Lipinski definition) is 2. The van der Waals surface area contributed by atoms with Crippen molar-refractivity contribution in [3.8, 4) is 11.6 Å². The zero-order valence-electron chi connectivity index (χ0n) is 17.7. The highest BCUT2D eigenvalue weighted by Crippen LogP contribution is 2.34. The summed E-state index contributed by atoms with van der Waals surface area (Å²) in [7, 11) is 1.82. The van der Waals surface area contributed by atoms with E-state index in [-0.39, 0.29) is 30.0 Å². The van der Waals surface area contributed by atoms with Gasteiger partial charge in [-0.1, -0.05) is 0 Å². The van der Waals surface area contributed by atoms with Crippen LogP contribution in [0.4, 0.5) is 30.6 Å². The lowest BCUT2D eigenvalue weighted by molar-refractivity contribution is -0.154. The molecule has 0 saturated heterocycles. The van der Waals surface area contributed by atoms with Crippen molar-refractivity contribution in [2.45, 2.75) is 51.1 Å². The number of aromatic nitrogens is 3. The summed E-state index contributed by atoms with van der Waals surface area (Å²) < 4.78 is 46.9. The van der Waals surface area contributed by atoms with Gasteiger partial charge < -0.3 is 25.0 Å². The van der Waals surface area contributed by atoms with Crippen molar-refractivity contribution in [1.82, 2.24) is 15.0 Å². The van der Waals surface area contributed by atoms with E-state index in [1.54, 1.807) is 6.92 Å². The molecule has 2 aromatic heterocycles. The Kier molecular flexibility index (Phi) is 5.70. The molecular formula is C20H23F3N6O3. The van der Waals surface area contributed by atoms with Gasteiger partial charge >= 0.3 is 6.18 Å². The Morgan fingerprint density at radius 2 is 2.03 bits per heavy atom. The Hall–Kier alpha value is -3.31. The summed E-state index contributed by atoms with van der Waals surface area (Å²) in [6.45, 7) is 2.24. The Bertz CT molecular complexity index is 995. The normalized spacial score (nSPS) is 22.5. The highest BCUT2D eigenvalue weighted by atomic mass is 19.4. The molecule has 1 amide bonds. The van der Waals surface area contributed by atoms with Crippen molar-refractivity contribution in [2.24, 2.45) is 0 Å². The quantitative estimate of drug-likeness (QED) is 0.690. The Balaban J connectivity index is 1.29. The third kappa shape index (κ3) is 4.78. The molecule has 12 heteroatoms. The predicted octanol–water partition coefficient (Wildman–Crippen LogP) is 2.92. The number of nitrogens with zero attached hydrogens (tertiary/aromatic N) is 4. The van der Waals surface area contributed by atoms with Crippen LogP contribution in [0.2, 0.25) is 0 Å². The van der Waals surface area contributed by atoms with Crippen LogP contribution in [-0.2, 0) is 4.79 Å². The summed E-state index contributed by atoms with van der Waals surface area (Å²) in [5.74, 6) is 1.39. The fourth-order valence-electron chi connectivity index (χ4n) is 3.44. The fraction of sp³-hybridized carbons (Fsp3) is 0.500. The molecule has 1 saturated carbocycles. The molecule has 1 atom stereocenters. The second kappa shape index (κ2) is 8.32. The van der Waals surface area contributed by atoms with Crippen molar-refractivity contribution in [3.63, 3.8) is 0 Å². The summed E-state index contributed by atoms with van der Waals surface area (Å²) in [5.41, 5.74) is 1.29. The number of rotatable bonds is 6. The van der Waals surface area contributed by atoms with Crippen LogP contribution < -0.4 is 25.0 Å². The van der Waals surface area contributed by atoms with Crippen molar-refractivity contribution in [2.75, 3.05) is 29.2 Å². The van der Waals surface area contributed by atoms with Crippen LogP contribution in [0.5, 0.6) is 11.6 Å². The molecule has 0 aromatic carbocycles. The van der Waals surface area contributed by atoms with Crippen LogP contribution >= 0.6 is 0 Å². The lowest BCUT2D eigenvalue weighted by atomic mass is 9.89. The first-order valence-electron chi connectivity index (χ1n) is 10.1. The zero-order valence-corrected chi connectivity index (χ0v) is 17.7. The molecule has 1 aliphatic carbocycles. The number of amides is 1. The van der Waals surface area contributed by atoms with Crippen LogP contribution in [0.25, 0.3) is 0 Å². The second-order valence-electron chi connectivity index (χ2n) is 7.90. The smallest absolute Gasteiger partial charge is 0.422 e. The van der Waals surface area contributed by atoms with Crippen molar-refractivity contribution in [1.29, 1.82) is 0 Å². The minimum absolute atomic E-state index is 0.0584. The third-order valence-electron chi connectivity index (χ3n) is 5.44. The van der Waals surface area contributed by atoms with E-state index in [1.807, 2.05) is 18.9 Å². The average molecular weight is 452 g/mol. The fourth-order valence-corrected chi connectivity index (χ4v) is 3.44. The van der Waals surface area contributed by atoms with Gasteiger partial charge in [0.1, 0.15) is 23.6 Å². The van der Waals surface area contributed by atoms with Gasteiger partial charge in [0.25, 0.3) is 0 Å². The van der Waals surface area contributed by atoms with Crippen LogP contribution in [0.3, 0.4) is 0 Å². The average Bonchev–Trinajstić information content (AvgIpc) is 2.70. The summed E-state index contributed by atoms with van der Waals surface area (Å²) in [6.07, 6.45) is -1.72. The number of ether oxygens (including phenoxy) is 2. The molecule has 1 aliphatic heterocycles. The lowest BCUT2D eigenvalue weighted by Gasteiger charge is -2.36. The molecule has 32 heavy (non-hydrogen) atoms. The van der Waals surface area contributed by atoms with E-state index in [2.05, 4.69) is 30.3 Å². The lowest BCUT2D eigenvalue weighted by Crippen LogP contribution is -2.45. The molecule has 0 radical (unpaired) electrons. The molecule has 2 aliphatic rings. The number of likely N-dealkylation sites (N-methyl/N-ethyl adjacent to an activating group) is 1. The maximum absolute atomic E-state index is 12.2. The largest absolute Gasteiger partial charge is 0.489 e. The maximum Gasteiger partial charge on any atom is 0.422 e. The number of aryl methyl sites for hydroxylation is 1. The first-order chi connectivity index (χ1) is 15.1. The molecule has 2 aromatic rings. The van der Waals surface area contributed by atoms with Gasteiger partial charge in [-0.2, -0.15) is 18.2 Å². The van der Waals surface area contributed by atoms with Crippen LogP contribution in [0, 0.1) is 6.92 Å². The number of carbonyl (C=O) groups is 1. The van der Waals surface area contributed by atoms with Gasteiger partial charge in [-0.25, -0.2) is 9.97 Å². The number of alkyl halides is 3. The van der Waals surface area contributed by atoms with Crippen molar-refractivity contribution in [3.05, 3.63) is 24.0 Å². The molecular weight excluding hydrogens is 429 g/mol. The van der Waals surface area contributed by atoms with E-state index in [1.165, 1.54) is 18.3 Å². The second-order valence-corrected chi connectivity index (χ2v) is 7.90. The SMILES string of the molecule is Cc1nc(N[C@H]2C[C@H](Oc3ccc(OCC(F)(F)F)nc3)C2)nc2c1NC(=O)[C@H](C)N2C. The standard InChI is InChI=1S/C20H23F3N6O3/c1-10-16-17(29(3)11(2)18(30)27-16)28-19(25-10)26-12-6-14(7-12)32-13-4-5-15(24-8-13)31-9-20(21,22)23/h4-5,8,11-12,14H,6-7,9H2,1-3H3,(H,27,30)(H,25,26,28)/t11-,12-,14-/m0/s1. The van der Waals surface area contributed by atoms with Gasteiger partial charge in [0.15, 0.2) is 12.4 Å². The van der Waals surface area contributed by atoms with Crippen LogP contribution in [0.15, 0.2) is 18.3 Å². The van der Waals surface area contributed by atoms with E-state index >= 15 is 0 Å². The highest BCUT2D eigenvalue weighted by Gasteiger charge is 2.34. The molecule has 0 spiro atoms. The number of nitrogens with one attached hydrogen (secondary N) is 2. The predicted molar refractivity (Wildman–Crippen MR) is 110 cm³/mol. The minimum Gasteiger partial charge on any atom is -0.489 e. The zero-order chi connectivity index (χ0) is 23.0. The monoisotopic (exact) mass is 452 g/mol. The molecule has 0 unspecified atom stereocenters. The van der Waals surface area contributed by atoms with Gasteiger partial charge in [0.05, 0.1) is 11.9 Å². The van der Waals surface area contributed by atoms with E-state index in [9.17, 15) is 18.0 Å². The van der Waals surface area contributed by atoms with Crippen molar-refractivity contribution < 1.29 is 27.4 Å². The first kappa shape index (κ1) is 21.9. The summed E-state index contributed by atoms with van der Waals surface area (Å²) >= 11 is 0. The Morgan fingerprint density at radius 1 is 1.28 bits per heavy atom. The van der Waals surface area contributed by atoms with Crippen molar-refractivity contribution >= 4 is 23.4 Å². The number of hydrogen-bond acceptors (Lipinski definition) is 8. The number of halogens is 3. The molecule has 0 bridgehead atoms. The van der Waals surface area contributed by atoms with E-state index < -0.39 is 12.8 Å². The maximum atomic E-state index is 12.2. The summed E-state index contributed by atoms with van der Waals surface area (Å²) in [5, 5.41) is 6.13. The van der Waals surface area contributed by atoms with Crippen LogP contribution in [-0.4, -0.2) is 58.9 Å². The minimum atomic E-state index is -4.41. The van der Waals surface area contributed by atoms with Gasteiger partial charge in [0, 0.05) is 32.0 Å². The van der Waals surface area contributed by atoms with E-state index in [0.29, 0.717) is 41.7 Å². The highest BCUT2D eigenvalue weighted by molar-refractivity contribution is 6.03. The first-order valence-corrected chi connectivity index (χ1v) is 10.1. The Labute approximate surface area is 182 Å². The van der Waals surface area contributed by atoms with Gasteiger partial charge in [-0.15, -0.1) is 0 Å². The van der Waals surface area contributed by atoms with E-state index in [0.717, 1.165) is 0 Å². The number of anilines is 3. The molecule has 2 N–H and O–H groups in total. The third-order valence-corrected chi connectivity index (χ3v) is 5.44. The molecule has 4 rings (SSSR count). The molecule has 172 valence electrons. The number of carbonyl (C=O) groups excluding carboxylic acids is 1. The van der Waals surface area contributed by atoms with Gasteiger partial charge in [-0.3, -0.25) is 4.79 Å². The summed E-state index contributed by atoms with van der Waals surface area (Å²) in [4.78, 5) is 26.7. The molecule has 3 heterocycles. The number of fused-ring (bicyclic) bond motifs is 1. The van der Waals surface area contributed by atoms with E-state index in [4.69, 9.17) is 4.74 Å². The summed E-state index contributed by atoms with van der Waals surface area (Å²) in [6, 6.07) is 2.65. The molecule has 9 nitrogen and oxygen atoms in total. The molecule has 1 fully saturated rings. The van der Waals surface area contributed by atoms with Crippen LogP contribution in [0.1, 0.15) is 25.5 Å².